The van der Waals surface area contributed by atoms with Crippen LogP contribution in [0.3, 0.4) is 0 Å². The van der Waals surface area contributed by atoms with E-state index < -0.39 is 30.2 Å². The monoisotopic (exact) mass is 517 g/mol. The van der Waals surface area contributed by atoms with E-state index in [-0.39, 0.29) is 6.61 Å². The molecule has 1 aromatic heterocycles. The van der Waals surface area contributed by atoms with Crippen LogP contribution in [0, 0.1) is 0 Å². The summed E-state index contributed by atoms with van der Waals surface area (Å²) < 4.78 is 25.6. The van der Waals surface area contributed by atoms with Gasteiger partial charge >= 0.3 is 0 Å². The van der Waals surface area contributed by atoms with Gasteiger partial charge in [0.2, 0.25) is 5.79 Å². The lowest BCUT2D eigenvalue weighted by Crippen LogP contribution is -2.64. The molecule has 5 rings (SSSR count). The topological polar surface area (TPSA) is 70.0 Å². The molecular weight excluding hydrogens is 486 g/mol. The minimum atomic E-state index is -1.80. The molecule has 1 N–H and O–H groups in total. The Kier molecular flexibility index (Phi) is 8.41. The SMILES string of the molecule is C[C@@H]1O[C@](O)(c2nccs2)[C@@H](OCc2ccccc2)[C@H](OCc2ccccc2)[C@@H]1OCc1ccccc1. The molecule has 1 fully saturated rings. The number of hydrogen-bond acceptors (Lipinski definition) is 7. The zero-order chi connectivity index (χ0) is 25.5. The Bertz CT molecular complexity index is 1210. The molecule has 4 aromatic rings. The van der Waals surface area contributed by atoms with Crippen LogP contribution < -0.4 is 0 Å². The van der Waals surface area contributed by atoms with E-state index in [1.807, 2.05) is 103 Å². The minimum Gasteiger partial charge on any atom is -0.368 e. The van der Waals surface area contributed by atoms with Crippen molar-refractivity contribution in [1.29, 1.82) is 0 Å². The van der Waals surface area contributed by atoms with E-state index in [9.17, 15) is 5.11 Å². The fraction of sp³-hybridized carbons (Fsp3) is 0.300. The van der Waals surface area contributed by atoms with Crippen LogP contribution in [0.25, 0.3) is 0 Å². The summed E-state index contributed by atoms with van der Waals surface area (Å²) in [7, 11) is 0. The molecule has 0 aliphatic carbocycles. The van der Waals surface area contributed by atoms with E-state index in [1.54, 1.807) is 6.20 Å². The summed E-state index contributed by atoms with van der Waals surface area (Å²) in [4.78, 5) is 4.39. The van der Waals surface area contributed by atoms with E-state index in [1.165, 1.54) is 11.3 Å². The Morgan fingerprint density at radius 1 is 0.757 bits per heavy atom. The van der Waals surface area contributed by atoms with Gasteiger partial charge < -0.3 is 24.1 Å². The Balaban J connectivity index is 1.46. The molecule has 3 aromatic carbocycles. The lowest BCUT2D eigenvalue weighted by Gasteiger charge is -2.48. The van der Waals surface area contributed by atoms with Crippen LogP contribution in [-0.2, 0) is 44.6 Å². The van der Waals surface area contributed by atoms with Gasteiger partial charge in [-0.15, -0.1) is 11.3 Å². The van der Waals surface area contributed by atoms with Crippen molar-refractivity contribution in [2.45, 2.75) is 56.9 Å². The van der Waals surface area contributed by atoms with Crippen molar-refractivity contribution in [1.82, 2.24) is 4.98 Å². The molecule has 0 amide bonds. The maximum atomic E-state index is 12.0. The van der Waals surface area contributed by atoms with Crippen LogP contribution in [-0.4, -0.2) is 34.5 Å². The summed E-state index contributed by atoms with van der Waals surface area (Å²) in [6, 6.07) is 29.8. The highest BCUT2D eigenvalue weighted by atomic mass is 32.1. The average Bonchev–Trinajstić information content (AvgIpc) is 3.49. The number of thiazole rings is 1. The van der Waals surface area contributed by atoms with Gasteiger partial charge in [0.25, 0.3) is 0 Å². The smallest absolute Gasteiger partial charge is 0.249 e. The van der Waals surface area contributed by atoms with Crippen LogP contribution in [0.2, 0.25) is 0 Å². The quantitative estimate of drug-likeness (QED) is 0.301. The molecule has 1 aliphatic heterocycles. The highest BCUT2D eigenvalue weighted by Crippen LogP contribution is 2.41. The lowest BCUT2D eigenvalue weighted by molar-refractivity contribution is -0.371. The third-order valence-electron chi connectivity index (χ3n) is 6.42. The summed E-state index contributed by atoms with van der Waals surface area (Å²) in [5, 5.41) is 14.2. The van der Waals surface area contributed by atoms with Crippen LogP contribution in [0.15, 0.2) is 103 Å². The molecule has 0 bridgehead atoms. The largest absolute Gasteiger partial charge is 0.368 e. The molecule has 5 atom stereocenters. The van der Waals surface area contributed by atoms with Crippen LogP contribution in [0.1, 0.15) is 28.6 Å². The molecule has 0 radical (unpaired) electrons. The van der Waals surface area contributed by atoms with Gasteiger partial charge in [-0.2, -0.15) is 0 Å². The second-order valence-corrected chi connectivity index (χ2v) is 9.99. The molecule has 0 spiro atoms. The third-order valence-corrected chi connectivity index (χ3v) is 7.30. The predicted molar refractivity (Wildman–Crippen MR) is 142 cm³/mol. The predicted octanol–water partition coefficient (Wildman–Crippen LogP) is 5.46. The molecule has 1 saturated heterocycles. The molecule has 0 unspecified atom stereocenters. The number of hydrogen-bond donors (Lipinski definition) is 1. The molecule has 1 aliphatic rings. The fourth-order valence-corrected chi connectivity index (χ4v) is 5.27. The first-order valence-corrected chi connectivity index (χ1v) is 13.3. The van der Waals surface area contributed by atoms with Gasteiger partial charge in [0.15, 0.2) is 5.01 Å². The van der Waals surface area contributed by atoms with Crippen molar-refractivity contribution < 1.29 is 24.1 Å². The zero-order valence-corrected chi connectivity index (χ0v) is 21.5. The summed E-state index contributed by atoms with van der Waals surface area (Å²) in [5.74, 6) is -1.80. The van der Waals surface area contributed by atoms with E-state index in [0.29, 0.717) is 18.2 Å². The summed E-state index contributed by atoms with van der Waals surface area (Å²) in [5.41, 5.74) is 3.04. The molecular formula is C30H31NO5S. The number of rotatable bonds is 10. The normalized spacial score (nSPS) is 25.7. The zero-order valence-electron chi connectivity index (χ0n) is 20.7. The summed E-state index contributed by atoms with van der Waals surface area (Å²) in [6.45, 7) is 2.88. The number of ether oxygens (including phenoxy) is 4. The van der Waals surface area contributed by atoms with Crippen molar-refractivity contribution in [2.75, 3.05) is 0 Å². The maximum absolute atomic E-state index is 12.0. The van der Waals surface area contributed by atoms with Crippen molar-refractivity contribution >= 4 is 11.3 Å². The van der Waals surface area contributed by atoms with Gasteiger partial charge in [-0.25, -0.2) is 4.98 Å². The number of aliphatic hydroxyl groups is 1. The van der Waals surface area contributed by atoms with Crippen molar-refractivity contribution in [3.8, 4) is 0 Å². The molecule has 7 heteroatoms. The highest BCUT2D eigenvalue weighted by molar-refractivity contribution is 7.09. The minimum absolute atomic E-state index is 0.271. The first-order valence-electron chi connectivity index (χ1n) is 12.4. The number of benzene rings is 3. The van der Waals surface area contributed by atoms with Crippen LogP contribution >= 0.6 is 11.3 Å². The first kappa shape index (κ1) is 25.7. The molecule has 37 heavy (non-hydrogen) atoms. The van der Waals surface area contributed by atoms with Crippen LogP contribution in [0.4, 0.5) is 0 Å². The average molecular weight is 518 g/mol. The fourth-order valence-electron chi connectivity index (χ4n) is 4.57. The van der Waals surface area contributed by atoms with Crippen LogP contribution in [0.5, 0.6) is 0 Å². The Labute approximate surface area is 221 Å². The maximum Gasteiger partial charge on any atom is 0.249 e. The van der Waals surface area contributed by atoms with Gasteiger partial charge in [0.1, 0.15) is 18.3 Å². The molecule has 192 valence electrons. The molecule has 2 heterocycles. The van der Waals surface area contributed by atoms with Gasteiger partial charge in [0, 0.05) is 11.6 Å². The van der Waals surface area contributed by atoms with E-state index in [2.05, 4.69) is 4.98 Å². The Hall–Kier alpha value is -2.91. The summed E-state index contributed by atoms with van der Waals surface area (Å²) in [6.07, 6.45) is -0.859. The second-order valence-electron chi connectivity index (χ2n) is 9.10. The van der Waals surface area contributed by atoms with Gasteiger partial charge in [0.05, 0.1) is 25.9 Å². The van der Waals surface area contributed by atoms with Crippen molar-refractivity contribution in [2.24, 2.45) is 0 Å². The van der Waals surface area contributed by atoms with E-state index >= 15 is 0 Å². The number of nitrogens with zero attached hydrogens (tertiary/aromatic N) is 1. The van der Waals surface area contributed by atoms with Gasteiger partial charge in [-0.1, -0.05) is 91.0 Å². The van der Waals surface area contributed by atoms with Gasteiger partial charge in [-0.05, 0) is 23.6 Å². The van der Waals surface area contributed by atoms with Crippen molar-refractivity contribution in [3.05, 3.63) is 124 Å². The van der Waals surface area contributed by atoms with Gasteiger partial charge in [-0.3, -0.25) is 0 Å². The lowest BCUT2D eigenvalue weighted by atomic mass is 9.92. The van der Waals surface area contributed by atoms with E-state index in [0.717, 1.165) is 16.7 Å². The summed E-state index contributed by atoms with van der Waals surface area (Å²) >= 11 is 1.32. The third kappa shape index (κ3) is 6.15. The first-order chi connectivity index (χ1) is 18.1. The second kappa shape index (κ2) is 12.1. The highest BCUT2D eigenvalue weighted by Gasteiger charge is 2.57. The number of aromatic nitrogens is 1. The molecule has 0 saturated carbocycles. The van der Waals surface area contributed by atoms with E-state index in [4.69, 9.17) is 18.9 Å². The molecule has 6 nitrogen and oxygen atoms in total. The standard InChI is InChI=1S/C30H31NO5S/c1-22-26(33-19-23-11-5-2-6-12-23)27(34-20-24-13-7-3-8-14-24)28(35-21-25-15-9-4-10-16-25)30(32,36-22)29-31-17-18-37-29/h2-18,22,26-28,32H,19-21H2,1H3/t22-,26+,27+,28-,30-/m0/s1. The van der Waals surface area contributed by atoms with Crippen molar-refractivity contribution in [3.63, 3.8) is 0 Å². The Morgan fingerprint density at radius 3 is 1.73 bits per heavy atom. The Morgan fingerprint density at radius 2 is 1.24 bits per heavy atom.